The molecule has 0 aromatic carbocycles. The average Bonchev–Trinajstić information content (AvgIpc) is 2.62. The van der Waals surface area contributed by atoms with E-state index in [4.69, 9.17) is 4.74 Å². The summed E-state index contributed by atoms with van der Waals surface area (Å²) < 4.78 is 5.64. The van der Waals surface area contributed by atoms with Crippen LogP contribution in [0.25, 0.3) is 0 Å². The van der Waals surface area contributed by atoms with Gasteiger partial charge in [-0.05, 0) is 0 Å². The summed E-state index contributed by atoms with van der Waals surface area (Å²) in [7, 11) is 0. The minimum absolute atomic E-state index is 0.0153. The van der Waals surface area contributed by atoms with Crippen molar-refractivity contribution >= 4 is 26.8 Å². The quantitative estimate of drug-likeness (QED) is 0.0799. The molecule has 0 aliphatic carbocycles. The van der Waals surface area contributed by atoms with Crippen LogP contribution in [0.4, 0.5) is 0 Å². The third-order valence-electron chi connectivity index (χ3n) is 5.45. The standard InChI is InChI=1S/C24H48BrO2P/c1-6-8-9-10-11-12-13-14-15-16-17-18-19-20-21-22-24(27-23(26)7-2)28(3,4,5)25/h7,24H,2,6,8-22H2,1,3-5H3. The first-order chi connectivity index (χ1) is 13.2. The van der Waals surface area contributed by atoms with Crippen molar-refractivity contribution in [2.24, 2.45) is 0 Å². The van der Waals surface area contributed by atoms with Gasteiger partial charge in [0, 0.05) is 0 Å². The normalized spacial score (nSPS) is 14.2. The van der Waals surface area contributed by atoms with Crippen LogP contribution in [-0.2, 0) is 9.53 Å². The number of unbranched alkanes of at least 4 members (excludes halogenated alkanes) is 14. The molecule has 0 amide bonds. The molecule has 0 aromatic rings. The van der Waals surface area contributed by atoms with Crippen LogP contribution in [0.3, 0.4) is 0 Å². The number of carbonyl (C=O) groups is 1. The van der Waals surface area contributed by atoms with Crippen molar-refractivity contribution < 1.29 is 9.53 Å². The van der Waals surface area contributed by atoms with Crippen molar-refractivity contribution in [3.8, 4) is 0 Å². The molecule has 0 aliphatic rings. The Morgan fingerprint density at radius 1 is 0.821 bits per heavy atom. The molecule has 4 heteroatoms. The number of ether oxygens (including phenoxy) is 1. The second-order valence-electron chi connectivity index (χ2n) is 9.56. The van der Waals surface area contributed by atoms with Crippen LogP contribution in [-0.4, -0.2) is 31.8 Å². The van der Waals surface area contributed by atoms with Crippen LogP contribution >= 0.6 is 20.8 Å². The molecule has 28 heavy (non-hydrogen) atoms. The van der Waals surface area contributed by atoms with Crippen LogP contribution in [0, 0.1) is 0 Å². The van der Waals surface area contributed by atoms with Crippen LogP contribution < -0.4 is 0 Å². The van der Waals surface area contributed by atoms with Crippen LogP contribution in [0.1, 0.15) is 110 Å². The van der Waals surface area contributed by atoms with Gasteiger partial charge in [0.15, 0.2) is 0 Å². The van der Waals surface area contributed by atoms with Crippen LogP contribution in [0.5, 0.6) is 0 Å². The summed E-state index contributed by atoms with van der Waals surface area (Å²) in [5.41, 5.74) is 0. The zero-order chi connectivity index (χ0) is 21.3. The van der Waals surface area contributed by atoms with Crippen molar-refractivity contribution in [2.75, 3.05) is 20.0 Å². The van der Waals surface area contributed by atoms with E-state index in [1.807, 2.05) is 0 Å². The number of halogens is 1. The van der Waals surface area contributed by atoms with E-state index in [2.05, 4.69) is 49.0 Å². The second-order valence-corrected chi connectivity index (χ2v) is 23.2. The minimum atomic E-state index is -2.12. The zero-order valence-electron chi connectivity index (χ0n) is 19.3. The monoisotopic (exact) mass is 478 g/mol. The topological polar surface area (TPSA) is 26.3 Å². The molecule has 0 radical (unpaired) electrons. The van der Waals surface area contributed by atoms with Gasteiger partial charge < -0.3 is 0 Å². The molecular weight excluding hydrogens is 431 g/mol. The van der Waals surface area contributed by atoms with E-state index in [1.54, 1.807) is 0 Å². The molecule has 1 unspecified atom stereocenters. The summed E-state index contributed by atoms with van der Waals surface area (Å²) in [6.07, 6.45) is 22.8. The van der Waals surface area contributed by atoms with E-state index in [0.29, 0.717) is 0 Å². The van der Waals surface area contributed by atoms with Gasteiger partial charge in [0.25, 0.3) is 0 Å². The first kappa shape index (κ1) is 28.1. The number of rotatable bonds is 19. The summed E-state index contributed by atoms with van der Waals surface area (Å²) in [6, 6.07) is 0. The number of carbonyl (C=O) groups excluding carboxylic acids is 1. The molecule has 0 bridgehead atoms. The Hall–Kier alpha value is 0.120. The average molecular weight is 480 g/mol. The summed E-state index contributed by atoms with van der Waals surface area (Å²) >= 11 is 3.87. The first-order valence-electron chi connectivity index (χ1n) is 11.7. The van der Waals surface area contributed by atoms with E-state index in [-0.39, 0.29) is 11.8 Å². The summed E-state index contributed by atoms with van der Waals surface area (Å²) in [6.45, 7) is 12.4. The number of hydrogen-bond donors (Lipinski definition) is 0. The van der Waals surface area contributed by atoms with Crippen LogP contribution in [0.2, 0.25) is 0 Å². The third-order valence-corrected chi connectivity index (χ3v) is 9.13. The van der Waals surface area contributed by atoms with Crippen molar-refractivity contribution in [1.82, 2.24) is 0 Å². The third kappa shape index (κ3) is 17.0. The Morgan fingerprint density at radius 2 is 1.18 bits per heavy atom. The predicted molar refractivity (Wildman–Crippen MR) is 133 cm³/mol. The summed E-state index contributed by atoms with van der Waals surface area (Å²) in [5.74, 6) is -0.316. The SMILES string of the molecule is C=CC(=O)OC(CCCCCCCCCCCCCCCCC)P(C)(C)(C)Br. The van der Waals surface area contributed by atoms with Gasteiger partial charge in [-0.25, -0.2) is 0 Å². The molecule has 0 N–H and O–H groups in total. The fraction of sp³-hybridized carbons (Fsp3) is 0.875. The molecule has 0 aromatic heterocycles. The second kappa shape index (κ2) is 15.9. The Balaban J connectivity index is 3.61. The van der Waals surface area contributed by atoms with Crippen molar-refractivity contribution in [3.63, 3.8) is 0 Å². The molecule has 0 rings (SSSR count). The first-order valence-corrected chi connectivity index (χ1v) is 17.4. The number of hydrogen-bond acceptors (Lipinski definition) is 2. The van der Waals surface area contributed by atoms with Gasteiger partial charge in [-0.15, -0.1) is 0 Å². The summed E-state index contributed by atoms with van der Waals surface area (Å²) in [4.78, 5) is 11.6. The predicted octanol–water partition coefficient (Wildman–Crippen LogP) is 9.06. The van der Waals surface area contributed by atoms with Gasteiger partial charge in [0.05, 0.1) is 0 Å². The van der Waals surface area contributed by atoms with E-state index in [9.17, 15) is 4.79 Å². The molecule has 0 heterocycles. The molecular formula is C24H48BrO2P. The van der Waals surface area contributed by atoms with E-state index >= 15 is 0 Å². The molecule has 1 atom stereocenters. The van der Waals surface area contributed by atoms with Crippen molar-refractivity contribution in [3.05, 3.63) is 12.7 Å². The van der Waals surface area contributed by atoms with Gasteiger partial charge in [-0.1, -0.05) is 39.0 Å². The van der Waals surface area contributed by atoms with Gasteiger partial charge >= 0.3 is 145 Å². The molecule has 0 fully saturated rings. The van der Waals surface area contributed by atoms with Gasteiger partial charge in [0.1, 0.15) is 0 Å². The number of esters is 1. The Bertz CT molecular complexity index is 405. The summed E-state index contributed by atoms with van der Waals surface area (Å²) in [5, 5.41) is -2.12. The van der Waals surface area contributed by atoms with Gasteiger partial charge in [-0.2, -0.15) is 0 Å². The fourth-order valence-corrected chi connectivity index (χ4v) is 5.93. The van der Waals surface area contributed by atoms with Crippen molar-refractivity contribution in [1.29, 1.82) is 0 Å². The van der Waals surface area contributed by atoms with Gasteiger partial charge in [0.2, 0.25) is 0 Å². The van der Waals surface area contributed by atoms with E-state index in [0.717, 1.165) is 12.8 Å². The Kier molecular flexibility index (Phi) is 16.0. The fourth-order valence-electron chi connectivity index (χ4n) is 3.55. The molecule has 0 saturated heterocycles. The molecule has 0 saturated carbocycles. The molecule has 0 aliphatic heterocycles. The maximum absolute atomic E-state index is 11.6. The molecule has 2 nitrogen and oxygen atoms in total. The van der Waals surface area contributed by atoms with E-state index < -0.39 is 5.31 Å². The maximum atomic E-state index is 11.6. The molecule has 0 spiro atoms. The van der Waals surface area contributed by atoms with Crippen molar-refractivity contribution in [2.45, 2.75) is 116 Å². The van der Waals surface area contributed by atoms with Gasteiger partial charge in [-0.3, -0.25) is 0 Å². The Labute approximate surface area is 184 Å². The zero-order valence-corrected chi connectivity index (χ0v) is 21.8. The van der Waals surface area contributed by atoms with E-state index in [1.165, 1.54) is 96.0 Å². The Morgan fingerprint density at radius 3 is 1.50 bits per heavy atom. The van der Waals surface area contributed by atoms with Crippen LogP contribution in [0.15, 0.2) is 12.7 Å². The molecule has 168 valence electrons.